The van der Waals surface area contributed by atoms with Crippen molar-refractivity contribution in [2.24, 2.45) is 18.9 Å². The molecule has 2 aromatic carbocycles. The monoisotopic (exact) mass is 490 g/mol. The molecule has 2 amide bonds. The van der Waals surface area contributed by atoms with Crippen LogP contribution in [0, 0.1) is 11.8 Å². The number of aromatic nitrogens is 3. The van der Waals surface area contributed by atoms with Crippen LogP contribution >= 0.6 is 0 Å². The van der Waals surface area contributed by atoms with Crippen LogP contribution in [-0.4, -0.2) is 64.0 Å². The number of amides is 2. The lowest BCUT2D eigenvalue weighted by molar-refractivity contribution is -0.139. The first-order valence-electron chi connectivity index (χ1n) is 12.6. The van der Waals surface area contributed by atoms with Gasteiger partial charge >= 0.3 is 0 Å². The third kappa shape index (κ3) is 5.06. The molecule has 2 N–H and O–H groups in total. The molecule has 9 heteroatoms. The van der Waals surface area contributed by atoms with Crippen molar-refractivity contribution < 1.29 is 14.3 Å². The average Bonchev–Trinajstić information content (AvgIpc) is 3.61. The second kappa shape index (κ2) is 10.3. The highest BCUT2D eigenvalue weighted by Crippen LogP contribution is 2.29. The molecule has 3 heterocycles. The third-order valence-electron chi connectivity index (χ3n) is 7.45. The normalized spacial score (nSPS) is 23.8. The van der Waals surface area contributed by atoms with E-state index in [-0.39, 0.29) is 23.8 Å². The number of methoxy groups -OCH3 is 1. The number of aryl methyl sites for hydroxylation is 1. The highest BCUT2D eigenvalue weighted by molar-refractivity contribution is 5.90. The van der Waals surface area contributed by atoms with Crippen molar-refractivity contribution in [3.05, 3.63) is 53.6 Å². The van der Waals surface area contributed by atoms with Crippen LogP contribution in [0.5, 0.6) is 5.75 Å². The Morgan fingerprint density at radius 3 is 2.64 bits per heavy atom. The Hall–Kier alpha value is -3.46. The van der Waals surface area contributed by atoms with Crippen molar-refractivity contribution in [3.63, 3.8) is 0 Å². The number of hydrogen-bond donors (Lipinski definition) is 2. The summed E-state index contributed by atoms with van der Waals surface area (Å²) in [5.74, 6) is 1.43. The first-order valence-corrected chi connectivity index (χ1v) is 12.6. The summed E-state index contributed by atoms with van der Waals surface area (Å²) < 4.78 is 6.99. The zero-order valence-corrected chi connectivity index (χ0v) is 21.1. The number of nitrogens with zero attached hydrogens (tertiary/aromatic N) is 4. The molecule has 0 unspecified atom stereocenters. The van der Waals surface area contributed by atoms with E-state index in [1.165, 1.54) is 5.56 Å². The summed E-state index contributed by atoms with van der Waals surface area (Å²) in [7, 11) is 3.51. The SMILES string of the molecule is COc1ccc(C[C@@H]2C[C@@H](C(=O)NCc3ccc4c(c3)nnn4C)N(C(=O)[C@H]3C[C@@H](C)CN3)C2)cc1. The quantitative estimate of drug-likeness (QED) is 0.526. The molecule has 0 aliphatic carbocycles. The number of ether oxygens (including phenoxy) is 1. The lowest BCUT2D eigenvalue weighted by atomic mass is 9.96. The number of hydrogen-bond acceptors (Lipinski definition) is 6. The summed E-state index contributed by atoms with van der Waals surface area (Å²) in [5, 5.41) is 14.6. The van der Waals surface area contributed by atoms with Crippen molar-refractivity contribution in [1.29, 1.82) is 0 Å². The first kappa shape index (κ1) is 24.2. The van der Waals surface area contributed by atoms with Crippen LogP contribution in [0.3, 0.4) is 0 Å². The van der Waals surface area contributed by atoms with Gasteiger partial charge in [-0.1, -0.05) is 30.3 Å². The molecule has 2 aliphatic heterocycles. The summed E-state index contributed by atoms with van der Waals surface area (Å²) in [4.78, 5) is 28.7. The highest BCUT2D eigenvalue weighted by atomic mass is 16.5. The van der Waals surface area contributed by atoms with E-state index < -0.39 is 6.04 Å². The minimum absolute atomic E-state index is 0.0395. The predicted octanol–water partition coefficient (Wildman–Crippen LogP) is 2.05. The Bertz CT molecular complexity index is 1240. The van der Waals surface area contributed by atoms with Gasteiger partial charge in [0.05, 0.1) is 18.7 Å². The number of likely N-dealkylation sites (tertiary alicyclic amines) is 1. The molecule has 2 aliphatic rings. The summed E-state index contributed by atoms with van der Waals surface area (Å²) in [6.45, 7) is 3.95. The van der Waals surface area contributed by atoms with Crippen LogP contribution in [0.4, 0.5) is 0 Å². The summed E-state index contributed by atoms with van der Waals surface area (Å²) in [5.41, 5.74) is 3.87. The van der Waals surface area contributed by atoms with E-state index in [4.69, 9.17) is 4.74 Å². The number of nitrogens with one attached hydrogen (secondary N) is 2. The van der Waals surface area contributed by atoms with E-state index in [1.54, 1.807) is 11.8 Å². The standard InChI is InChI=1S/C27H34N6O3/c1-17-10-23(28-14-17)27(35)33-16-20(11-18-4-7-21(36-3)8-5-18)13-25(33)26(34)29-15-19-6-9-24-22(12-19)30-31-32(24)2/h4-9,12,17,20,23,25,28H,10-11,13-16H2,1-3H3,(H,29,34)/t17-,20-,23-,25+/m1/s1. The molecule has 2 saturated heterocycles. The zero-order valence-electron chi connectivity index (χ0n) is 21.1. The number of carbonyl (C=O) groups excluding carboxylic acids is 2. The average molecular weight is 491 g/mol. The molecule has 0 bridgehead atoms. The minimum Gasteiger partial charge on any atom is -0.497 e. The Morgan fingerprint density at radius 1 is 1.14 bits per heavy atom. The van der Waals surface area contributed by atoms with Crippen LogP contribution in [0.15, 0.2) is 42.5 Å². The molecule has 5 rings (SSSR count). The van der Waals surface area contributed by atoms with Crippen LogP contribution in [0.25, 0.3) is 11.0 Å². The van der Waals surface area contributed by atoms with E-state index in [1.807, 2.05) is 42.3 Å². The van der Waals surface area contributed by atoms with Crippen molar-refractivity contribution in [3.8, 4) is 5.75 Å². The van der Waals surface area contributed by atoms with E-state index >= 15 is 0 Å². The van der Waals surface area contributed by atoms with Gasteiger partial charge in [-0.15, -0.1) is 5.10 Å². The molecule has 36 heavy (non-hydrogen) atoms. The first-order chi connectivity index (χ1) is 17.4. The topological polar surface area (TPSA) is 101 Å². The van der Waals surface area contributed by atoms with Gasteiger partial charge in [0.25, 0.3) is 0 Å². The predicted molar refractivity (Wildman–Crippen MR) is 136 cm³/mol. The van der Waals surface area contributed by atoms with Gasteiger partial charge in [0, 0.05) is 20.1 Å². The minimum atomic E-state index is -0.473. The van der Waals surface area contributed by atoms with Crippen molar-refractivity contribution >= 4 is 22.8 Å². The number of fused-ring (bicyclic) bond motifs is 1. The Morgan fingerprint density at radius 2 is 1.92 bits per heavy atom. The fraction of sp³-hybridized carbons (Fsp3) is 0.481. The van der Waals surface area contributed by atoms with Gasteiger partial charge in [-0.05, 0) is 73.0 Å². The summed E-state index contributed by atoms with van der Waals surface area (Å²) in [6, 6.07) is 13.2. The van der Waals surface area contributed by atoms with E-state index in [2.05, 4.69) is 40.0 Å². The van der Waals surface area contributed by atoms with Crippen molar-refractivity contribution in [2.45, 2.75) is 44.8 Å². The molecule has 4 atom stereocenters. The van der Waals surface area contributed by atoms with Crippen LogP contribution in [0.1, 0.15) is 30.9 Å². The second-order valence-electron chi connectivity index (χ2n) is 10.2. The second-order valence-corrected chi connectivity index (χ2v) is 10.2. The molecule has 1 aromatic heterocycles. The van der Waals surface area contributed by atoms with Gasteiger partial charge in [0.1, 0.15) is 17.3 Å². The largest absolute Gasteiger partial charge is 0.497 e. The lowest BCUT2D eigenvalue weighted by Gasteiger charge is -2.27. The number of benzene rings is 2. The van der Waals surface area contributed by atoms with Crippen LogP contribution in [0.2, 0.25) is 0 Å². The molecule has 9 nitrogen and oxygen atoms in total. The molecule has 2 fully saturated rings. The fourth-order valence-electron chi connectivity index (χ4n) is 5.46. The zero-order chi connectivity index (χ0) is 25.2. The Kier molecular flexibility index (Phi) is 6.91. The number of rotatable bonds is 7. The van der Waals surface area contributed by atoms with Gasteiger partial charge in [-0.3, -0.25) is 9.59 Å². The lowest BCUT2D eigenvalue weighted by Crippen LogP contribution is -2.51. The highest BCUT2D eigenvalue weighted by Gasteiger charge is 2.42. The Balaban J connectivity index is 1.28. The molecule has 3 aromatic rings. The molecule has 0 radical (unpaired) electrons. The van der Waals surface area contributed by atoms with Crippen LogP contribution < -0.4 is 15.4 Å². The maximum atomic E-state index is 13.5. The van der Waals surface area contributed by atoms with Gasteiger partial charge in [0.2, 0.25) is 11.8 Å². The molecule has 0 saturated carbocycles. The smallest absolute Gasteiger partial charge is 0.243 e. The maximum Gasteiger partial charge on any atom is 0.243 e. The van der Waals surface area contributed by atoms with Crippen LogP contribution in [-0.2, 0) is 29.6 Å². The molecule has 0 spiro atoms. The van der Waals surface area contributed by atoms with Gasteiger partial charge in [0.15, 0.2) is 0 Å². The third-order valence-corrected chi connectivity index (χ3v) is 7.45. The van der Waals surface area contributed by atoms with E-state index in [0.717, 1.165) is 41.7 Å². The van der Waals surface area contributed by atoms with Crippen molar-refractivity contribution in [1.82, 2.24) is 30.5 Å². The van der Waals surface area contributed by atoms with E-state index in [0.29, 0.717) is 25.4 Å². The number of carbonyl (C=O) groups is 2. The Labute approximate surface area is 211 Å². The molecule has 190 valence electrons. The maximum absolute atomic E-state index is 13.5. The summed E-state index contributed by atoms with van der Waals surface area (Å²) >= 11 is 0. The van der Waals surface area contributed by atoms with E-state index in [9.17, 15) is 9.59 Å². The molecular formula is C27H34N6O3. The van der Waals surface area contributed by atoms with Crippen molar-refractivity contribution in [2.75, 3.05) is 20.2 Å². The fourth-order valence-corrected chi connectivity index (χ4v) is 5.46. The van der Waals surface area contributed by atoms with Gasteiger partial charge in [-0.25, -0.2) is 4.68 Å². The van der Waals surface area contributed by atoms with Gasteiger partial charge in [-0.2, -0.15) is 0 Å². The molecular weight excluding hydrogens is 456 g/mol. The summed E-state index contributed by atoms with van der Waals surface area (Å²) in [6.07, 6.45) is 2.27. The van der Waals surface area contributed by atoms with Gasteiger partial charge < -0.3 is 20.3 Å².